The molecule has 0 unspecified atom stereocenters. The molecule has 0 spiro atoms. The summed E-state index contributed by atoms with van der Waals surface area (Å²) in [6.45, 7) is 4.20. The zero-order valence-electron chi connectivity index (χ0n) is 16.9. The van der Waals surface area contributed by atoms with Gasteiger partial charge in [-0.15, -0.1) is 11.3 Å². The summed E-state index contributed by atoms with van der Waals surface area (Å²) < 4.78 is 1.97. The zero-order chi connectivity index (χ0) is 20.5. The summed E-state index contributed by atoms with van der Waals surface area (Å²) in [6.07, 6.45) is 0. The first-order valence-corrected chi connectivity index (χ1v) is 10.8. The van der Waals surface area contributed by atoms with Crippen LogP contribution in [0.25, 0.3) is 38.9 Å². The quantitative estimate of drug-likeness (QED) is 0.323. The molecule has 0 saturated heterocycles. The van der Waals surface area contributed by atoms with E-state index in [4.69, 9.17) is 10.1 Å². The molecule has 2 aromatic heterocycles. The first kappa shape index (κ1) is 18.5. The van der Waals surface area contributed by atoms with Gasteiger partial charge in [0.2, 0.25) is 5.13 Å². The molecule has 0 aliphatic rings. The normalized spacial score (nSPS) is 11.0. The monoisotopic (exact) mass is 407 g/mol. The van der Waals surface area contributed by atoms with Gasteiger partial charge in [0.15, 0.2) is 0 Å². The lowest BCUT2D eigenvalue weighted by molar-refractivity contribution is 0.881. The van der Waals surface area contributed by atoms with Crippen molar-refractivity contribution in [1.82, 2.24) is 14.8 Å². The Morgan fingerprint density at radius 1 is 0.667 bits per heavy atom. The van der Waals surface area contributed by atoms with Gasteiger partial charge in [-0.3, -0.25) is 0 Å². The molecule has 0 bridgehead atoms. The van der Waals surface area contributed by atoms with Gasteiger partial charge in [0, 0.05) is 22.1 Å². The number of aromatic nitrogens is 3. The minimum atomic E-state index is 0.864. The highest BCUT2D eigenvalue weighted by Gasteiger charge is 2.16. The smallest absolute Gasteiger partial charge is 0.211 e. The summed E-state index contributed by atoms with van der Waals surface area (Å²) >= 11 is 1.61. The lowest BCUT2D eigenvalue weighted by Gasteiger charge is -2.04. The molecule has 30 heavy (non-hydrogen) atoms. The Balaban J connectivity index is 1.63. The lowest BCUT2D eigenvalue weighted by atomic mass is 10.1. The zero-order valence-corrected chi connectivity index (χ0v) is 17.7. The van der Waals surface area contributed by atoms with Crippen LogP contribution in [0.3, 0.4) is 0 Å². The van der Waals surface area contributed by atoms with Crippen molar-refractivity contribution in [3.05, 3.63) is 101 Å². The highest BCUT2D eigenvalue weighted by Crippen LogP contribution is 2.31. The Morgan fingerprint density at radius 2 is 1.27 bits per heavy atom. The molecule has 0 radical (unpaired) electrons. The van der Waals surface area contributed by atoms with E-state index in [0.29, 0.717) is 0 Å². The minimum absolute atomic E-state index is 0.864. The summed E-state index contributed by atoms with van der Waals surface area (Å²) in [5, 5.41) is 7.91. The molecule has 5 rings (SSSR count). The fourth-order valence-corrected chi connectivity index (χ4v) is 4.22. The van der Waals surface area contributed by atoms with Crippen LogP contribution in [0.5, 0.6) is 0 Å². The van der Waals surface area contributed by atoms with Crippen molar-refractivity contribution in [3.63, 3.8) is 0 Å². The number of nitrogens with zero attached hydrogens (tertiary/aromatic N) is 3. The van der Waals surface area contributed by atoms with E-state index in [9.17, 15) is 0 Å². The van der Waals surface area contributed by atoms with Crippen LogP contribution in [0.15, 0.2) is 90.3 Å². The topological polar surface area (TPSA) is 30.7 Å². The van der Waals surface area contributed by atoms with Crippen molar-refractivity contribution < 1.29 is 0 Å². The van der Waals surface area contributed by atoms with Crippen molar-refractivity contribution in [2.24, 2.45) is 0 Å². The van der Waals surface area contributed by atoms with Crippen molar-refractivity contribution in [3.8, 4) is 38.9 Å². The van der Waals surface area contributed by atoms with Gasteiger partial charge >= 0.3 is 0 Å². The molecule has 0 amide bonds. The third-order valence-corrected chi connectivity index (χ3v) is 5.96. The molecule has 0 fully saturated rings. The first-order valence-electron chi connectivity index (χ1n) is 9.93. The highest BCUT2D eigenvalue weighted by atomic mass is 32.1. The average molecular weight is 408 g/mol. The van der Waals surface area contributed by atoms with Crippen LogP contribution in [0.4, 0.5) is 0 Å². The number of benzene rings is 3. The molecular formula is C26H21N3S. The molecule has 3 nitrogen and oxygen atoms in total. The average Bonchev–Trinajstić information content (AvgIpc) is 3.43. The van der Waals surface area contributed by atoms with E-state index in [1.807, 2.05) is 22.9 Å². The molecule has 0 aliphatic carbocycles. The SMILES string of the molecule is Cc1ccc(-c2cc(-c3ccc(C)cc3)n(-c3nc(-c4ccccc4)cs3)n2)cc1. The molecule has 5 aromatic rings. The van der Waals surface area contributed by atoms with Gasteiger partial charge in [-0.05, 0) is 19.9 Å². The van der Waals surface area contributed by atoms with Crippen LogP contribution in [0, 0.1) is 13.8 Å². The number of aryl methyl sites for hydroxylation is 2. The number of hydrogen-bond acceptors (Lipinski definition) is 3. The molecule has 0 saturated carbocycles. The van der Waals surface area contributed by atoms with Crippen molar-refractivity contribution in [2.75, 3.05) is 0 Å². The molecule has 0 N–H and O–H groups in total. The Labute approximate surface area is 180 Å². The number of thiazole rings is 1. The first-order chi connectivity index (χ1) is 14.7. The number of rotatable bonds is 4. The minimum Gasteiger partial charge on any atom is -0.218 e. The maximum atomic E-state index is 4.95. The fourth-order valence-electron chi connectivity index (χ4n) is 3.43. The molecule has 4 heteroatoms. The molecular weight excluding hydrogens is 386 g/mol. The molecule has 146 valence electrons. The van der Waals surface area contributed by atoms with Crippen molar-refractivity contribution >= 4 is 11.3 Å². The van der Waals surface area contributed by atoms with Gasteiger partial charge < -0.3 is 0 Å². The summed E-state index contributed by atoms with van der Waals surface area (Å²) in [5.74, 6) is 0. The van der Waals surface area contributed by atoms with E-state index < -0.39 is 0 Å². The molecule has 0 aliphatic heterocycles. The third kappa shape index (κ3) is 3.58. The van der Waals surface area contributed by atoms with E-state index >= 15 is 0 Å². The van der Waals surface area contributed by atoms with Gasteiger partial charge in [-0.1, -0.05) is 90.0 Å². The fraction of sp³-hybridized carbons (Fsp3) is 0.0769. The second-order valence-electron chi connectivity index (χ2n) is 7.44. The summed E-state index contributed by atoms with van der Waals surface area (Å²) in [5.41, 5.74) is 8.78. The van der Waals surface area contributed by atoms with Gasteiger partial charge in [0.1, 0.15) is 0 Å². The van der Waals surface area contributed by atoms with E-state index in [1.54, 1.807) is 11.3 Å². The predicted molar refractivity (Wildman–Crippen MR) is 125 cm³/mol. The van der Waals surface area contributed by atoms with E-state index in [0.717, 1.165) is 38.9 Å². The lowest BCUT2D eigenvalue weighted by Crippen LogP contribution is -1.99. The van der Waals surface area contributed by atoms with Gasteiger partial charge in [-0.25, -0.2) is 9.67 Å². The van der Waals surface area contributed by atoms with Crippen molar-refractivity contribution in [2.45, 2.75) is 13.8 Å². The van der Waals surface area contributed by atoms with Gasteiger partial charge in [0.05, 0.1) is 17.1 Å². The molecule has 2 heterocycles. The maximum Gasteiger partial charge on any atom is 0.211 e. The Morgan fingerprint density at radius 3 is 1.93 bits per heavy atom. The standard InChI is InChI=1S/C26H21N3S/c1-18-8-12-21(13-9-18)23-16-25(22-14-10-19(2)11-15-22)29(28-23)26-27-24(17-30-26)20-6-4-3-5-7-20/h3-17H,1-2H3. The van der Waals surface area contributed by atoms with Crippen LogP contribution in [0.2, 0.25) is 0 Å². The van der Waals surface area contributed by atoms with Crippen LogP contribution >= 0.6 is 11.3 Å². The van der Waals surface area contributed by atoms with E-state index in [1.165, 1.54) is 11.1 Å². The summed E-state index contributed by atoms with van der Waals surface area (Å²) in [7, 11) is 0. The van der Waals surface area contributed by atoms with E-state index in [2.05, 4.69) is 86.0 Å². The summed E-state index contributed by atoms with van der Waals surface area (Å²) in [4.78, 5) is 4.89. The largest absolute Gasteiger partial charge is 0.218 e. The predicted octanol–water partition coefficient (Wildman–Crippen LogP) is 6.95. The second-order valence-corrected chi connectivity index (χ2v) is 8.28. The van der Waals surface area contributed by atoms with Crippen LogP contribution < -0.4 is 0 Å². The van der Waals surface area contributed by atoms with Gasteiger partial charge in [-0.2, -0.15) is 5.10 Å². The second kappa shape index (κ2) is 7.73. The Kier molecular flexibility index (Phi) is 4.77. The highest BCUT2D eigenvalue weighted by molar-refractivity contribution is 7.12. The Bertz CT molecular complexity index is 1280. The number of hydrogen-bond donors (Lipinski definition) is 0. The molecule has 0 atom stereocenters. The maximum absolute atomic E-state index is 4.95. The third-order valence-electron chi connectivity index (χ3n) is 5.15. The van der Waals surface area contributed by atoms with Crippen LogP contribution in [-0.2, 0) is 0 Å². The van der Waals surface area contributed by atoms with Crippen LogP contribution in [0.1, 0.15) is 11.1 Å². The van der Waals surface area contributed by atoms with Crippen molar-refractivity contribution in [1.29, 1.82) is 0 Å². The van der Waals surface area contributed by atoms with Gasteiger partial charge in [0.25, 0.3) is 0 Å². The van der Waals surface area contributed by atoms with Crippen LogP contribution in [-0.4, -0.2) is 14.8 Å². The Hall–Kier alpha value is -3.50. The van der Waals surface area contributed by atoms with E-state index in [-0.39, 0.29) is 0 Å². The summed E-state index contributed by atoms with van der Waals surface area (Å²) in [6, 6.07) is 29.5. The molecule has 3 aromatic carbocycles.